The number of rotatable bonds is 4. The standard InChI is InChI=1S/C13H17N3O3.ClH/c17-13(15-8-6-14-7-9-15)5-4-11-2-1-3-12(10-11)16(18)19;/h1-3,10,14H,4-9H2;1H. The summed E-state index contributed by atoms with van der Waals surface area (Å²) in [6, 6.07) is 6.47. The molecule has 1 aromatic carbocycles. The highest BCUT2D eigenvalue weighted by Gasteiger charge is 2.16. The van der Waals surface area contributed by atoms with Crippen molar-refractivity contribution in [1.82, 2.24) is 10.2 Å². The topological polar surface area (TPSA) is 75.5 Å². The molecule has 0 atom stereocenters. The molecule has 0 radical (unpaired) electrons. The highest BCUT2D eigenvalue weighted by atomic mass is 35.5. The highest BCUT2D eigenvalue weighted by molar-refractivity contribution is 5.85. The van der Waals surface area contributed by atoms with Gasteiger partial charge in [0.15, 0.2) is 0 Å². The van der Waals surface area contributed by atoms with E-state index in [0.717, 1.165) is 31.7 Å². The third kappa shape index (κ3) is 4.47. The van der Waals surface area contributed by atoms with Crippen LogP contribution in [0.3, 0.4) is 0 Å². The van der Waals surface area contributed by atoms with Crippen LogP contribution >= 0.6 is 12.4 Å². The Morgan fingerprint density at radius 2 is 2.05 bits per heavy atom. The maximum atomic E-state index is 12.0. The van der Waals surface area contributed by atoms with Gasteiger partial charge >= 0.3 is 0 Å². The zero-order chi connectivity index (χ0) is 13.7. The Hall–Kier alpha value is -1.66. The number of non-ortho nitro benzene ring substituents is 1. The maximum absolute atomic E-state index is 12.0. The average Bonchev–Trinajstić information content (AvgIpc) is 2.46. The molecule has 2 rings (SSSR count). The molecule has 110 valence electrons. The fourth-order valence-corrected chi connectivity index (χ4v) is 2.15. The Kier molecular flexibility index (Phi) is 6.41. The molecular weight excluding hydrogens is 282 g/mol. The summed E-state index contributed by atoms with van der Waals surface area (Å²) in [4.78, 5) is 24.0. The predicted molar refractivity (Wildman–Crippen MR) is 78.1 cm³/mol. The van der Waals surface area contributed by atoms with Crippen molar-refractivity contribution in [3.05, 3.63) is 39.9 Å². The molecule has 1 heterocycles. The zero-order valence-corrected chi connectivity index (χ0v) is 11.9. The van der Waals surface area contributed by atoms with E-state index in [0.29, 0.717) is 12.8 Å². The summed E-state index contributed by atoms with van der Waals surface area (Å²) in [5.74, 6) is 0.119. The molecule has 1 amide bonds. The fourth-order valence-electron chi connectivity index (χ4n) is 2.15. The molecule has 0 bridgehead atoms. The van der Waals surface area contributed by atoms with Gasteiger partial charge in [-0.3, -0.25) is 14.9 Å². The number of benzene rings is 1. The second-order valence-electron chi connectivity index (χ2n) is 4.56. The van der Waals surface area contributed by atoms with Crippen molar-refractivity contribution in [2.75, 3.05) is 26.2 Å². The van der Waals surface area contributed by atoms with Crippen molar-refractivity contribution in [1.29, 1.82) is 0 Å². The molecule has 20 heavy (non-hydrogen) atoms. The number of nitro groups is 1. The van der Waals surface area contributed by atoms with E-state index in [2.05, 4.69) is 5.32 Å². The molecule has 0 unspecified atom stereocenters. The molecule has 1 saturated heterocycles. The lowest BCUT2D eigenvalue weighted by molar-refractivity contribution is -0.384. The van der Waals surface area contributed by atoms with Crippen LogP contribution in [0, 0.1) is 10.1 Å². The molecule has 0 saturated carbocycles. The minimum absolute atomic E-state index is 0. The van der Waals surface area contributed by atoms with E-state index in [1.54, 1.807) is 6.07 Å². The molecule has 1 aromatic rings. The second kappa shape index (κ2) is 7.81. The van der Waals surface area contributed by atoms with Crippen LogP contribution < -0.4 is 5.32 Å². The van der Waals surface area contributed by atoms with Crippen LogP contribution in [0.5, 0.6) is 0 Å². The summed E-state index contributed by atoms with van der Waals surface area (Å²) in [5.41, 5.74) is 0.907. The van der Waals surface area contributed by atoms with Crippen molar-refractivity contribution in [2.24, 2.45) is 0 Å². The minimum atomic E-state index is -0.415. The Bertz CT molecular complexity index is 476. The van der Waals surface area contributed by atoms with Gasteiger partial charge in [-0.15, -0.1) is 12.4 Å². The first kappa shape index (κ1) is 16.4. The summed E-state index contributed by atoms with van der Waals surface area (Å²) < 4.78 is 0. The summed E-state index contributed by atoms with van der Waals surface area (Å²) in [7, 11) is 0. The number of hydrogen-bond donors (Lipinski definition) is 1. The molecule has 0 spiro atoms. The number of carbonyl (C=O) groups excluding carboxylic acids is 1. The van der Waals surface area contributed by atoms with Crippen LogP contribution in [0.25, 0.3) is 0 Å². The van der Waals surface area contributed by atoms with E-state index in [4.69, 9.17) is 0 Å². The number of nitrogens with one attached hydrogen (secondary N) is 1. The number of nitrogens with zero attached hydrogens (tertiary/aromatic N) is 2. The van der Waals surface area contributed by atoms with Crippen LogP contribution in [0.1, 0.15) is 12.0 Å². The average molecular weight is 300 g/mol. The van der Waals surface area contributed by atoms with Gasteiger partial charge in [-0.05, 0) is 12.0 Å². The molecule has 0 aromatic heterocycles. The van der Waals surface area contributed by atoms with E-state index in [9.17, 15) is 14.9 Å². The number of halogens is 1. The smallest absolute Gasteiger partial charge is 0.269 e. The van der Waals surface area contributed by atoms with Crippen LogP contribution in [-0.2, 0) is 11.2 Å². The maximum Gasteiger partial charge on any atom is 0.269 e. The number of nitro benzene ring substituents is 1. The Labute approximate surface area is 123 Å². The lowest BCUT2D eigenvalue weighted by Crippen LogP contribution is -2.46. The van der Waals surface area contributed by atoms with E-state index in [-0.39, 0.29) is 24.0 Å². The number of amides is 1. The minimum Gasteiger partial charge on any atom is -0.340 e. The van der Waals surface area contributed by atoms with Gasteiger partial charge in [-0.2, -0.15) is 0 Å². The first-order chi connectivity index (χ1) is 9.16. The molecule has 0 aliphatic carbocycles. The normalized spacial score (nSPS) is 14.5. The number of piperazine rings is 1. The van der Waals surface area contributed by atoms with Gasteiger partial charge in [-0.25, -0.2) is 0 Å². The van der Waals surface area contributed by atoms with Gasteiger partial charge in [0, 0.05) is 44.7 Å². The predicted octanol–water partition coefficient (Wildman–Crippen LogP) is 1.38. The Balaban J connectivity index is 0.00000200. The summed E-state index contributed by atoms with van der Waals surface area (Å²) >= 11 is 0. The number of carbonyl (C=O) groups is 1. The zero-order valence-electron chi connectivity index (χ0n) is 11.1. The molecule has 7 heteroatoms. The lowest BCUT2D eigenvalue weighted by Gasteiger charge is -2.27. The second-order valence-corrected chi connectivity index (χ2v) is 4.56. The van der Waals surface area contributed by atoms with Gasteiger partial charge in [0.2, 0.25) is 5.91 Å². The quantitative estimate of drug-likeness (QED) is 0.673. The summed E-state index contributed by atoms with van der Waals surface area (Å²) in [5, 5.41) is 13.9. The van der Waals surface area contributed by atoms with E-state index in [1.807, 2.05) is 11.0 Å². The van der Waals surface area contributed by atoms with Crippen LogP contribution in [0.15, 0.2) is 24.3 Å². The van der Waals surface area contributed by atoms with Crippen molar-refractivity contribution < 1.29 is 9.72 Å². The lowest BCUT2D eigenvalue weighted by atomic mass is 10.1. The third-order valence-electron chi connectivity index (χ3n) is 3.22. The van der Waals surface area contributed by atoms with Gasteiger partial charge < -0.3 is 10.2 Å². The van der Waals surface area contributed by atoms with Crippen molar-refractivity contribution in [3.63, 3.8) is 0 Å². The van der Waals surface area contributed by atoms with Crippen LogP contribution in [0.2, 0.25) is 0 Å². The molecule has 1 aliphatic heterocycles. The van der Waals surface area contributed by atoms with Crippen molar-refractivity contribution in [3.8, 4) is 0 Å². The first-order valence-corrected chi connectivity index (χ1v) is 6.38. The molecule has 6 nitrogen and oxygen atoms in total. The molecule has 1 fully saturated rings. The van der Waals surface area contributed by atoms with Gasteiger partial charge in [-0.1, -0.05) is 12.1 Å². The molecule has 1 aliphatic rings. The van der Waals surface area contributed by atoms with Gasteiger partial charge in [0.1, 0.15) is 0 Å². The van der Waals surface area contributed by atoms with Gasteiger partial charge in [0.05, 0.1) is 4.92 Å². The monoisotopic (exact) mass is 299 g/mol. The largest absolute Gasteiger partial charge is 0.340 e. The van der Waals surface area contributed by atoms with E-state index < -0.39 is 4.92 Å². The highest BCUT2D eigenvalue weighted by Crippen LogP contribution is 2.14. The van der Waals surface area contributed by atoms with Crippen LogP contribution in [0.4, 0.5) is 5.69 Å². The van der Waals surface area contributed by atoms with Crippen molar-refractivity contribution >= 4 is 24.0 Å². The molecular formula is C13H18ClN3O3. The Morgan fingerprint density at radius 1 is 1.35 bits per heavy atom. The SMILES string of the molecule is Cl.O=C(CCc1cccc([N+](=O)[O-])c1)N1CCNCC1. The molecule has 1 N–H and O–H groups in total. The third-order valence-corrected chi connectivity index (χ3v) is 3.22. The van der Waals surface area contributed by atoms with Crippen molar-refractivity contribution in [2.45, 2.75) is 12.8 Å². The van der Waals surface area contributed by atoms with E-state index in [1.165, 1.54) is 12.1 Å². The van der Waals surface area contributed by atoms with E-state index >= 15 is 0 Å². The number of aryl methyl sites for hydroxylation is 1. The Morgan fingerprint density at radius 3 is 2.70 bits per heavy atom. The fraction of sp³-hybridized carbons (Fsp3) is 0.462. The summed E-state index contributed by atoms with van der Waals surface area (Å²) in [6.07, 6.45) is 0.950. The van der Waals surface area contributed by atoms with Gasteiger partial charge in [0.25, 0.3) is 5.69 Å². The van der Waals surface area contributed by atoms with Crippen LogP contribution in [-0.4, -0.2) is 41.9 Å². The number of hydrogen-bond acceptors (Lipinski definition) is 4. The summed E-state index contributed by atoms with van der Waals surface area (Å²) in [6.45, 7) is 3.16. The first-order valence-electron chi connectivity index (χ1n) is 6.38.